The van der Waals surface area contributed by atoms with Gasteiger partial charge in [-0.15, -0.1) is 0 Å². The maximum Gasteiger partial charge on any atom is 0.123 e. The van der Waals surface area contributed by atoms with Crippen LogP contribution in [0.3, 0.4) is 0 Å². The van der Waals surface area contributed by atoms with Crippen LogP contribution < -0.4 is 20.2 Å². The van der Waals surface area contributed by atoms with E-state index in [0.717, 1.165) is 120 Å². The summed E-state index contributed by atoms with van der Waals surface area (Å²) in [5.74, 6) is 0.659. The van der Waals surface area contributed by atoms with Gasteiger partial charge in [0.25, 0.3) is 0 Å². The second-order valence-electron chi connectivity index (χ2n) is 22.5. The molecule has 0 saturated heterocycles. The fraction of sp³-hybridized carbons (Fsp3) is 0.150. The van der Waals surface area contributed by atoms with Gasteiger partial charge in [-0.05, 0) is 203 Å². The summed E-state index contributed by atoms with van der Waals surface area (Å²) in [7, 11) is 0. The first kappa shape index (κ1) is 54.7. The predicted octanol–water partition coefficient (Wildman–Crippen LogP) is 19.2. The first-order chi connectivity index (χ1) is 41.9. The minimum Gasteiger partial charge on any atom is -0.494 e. The minimum absolute atomic E-state index is 0.00495. The summed E-state index contributed by atoms with van der Waals surface area (Å²) in [6.07, 6.45) is 16.4. The average molecular weight is 1110 g/mol. The van der Waals surface area contributed by atoms with Crippen molar-refractivity contribution >= 4 is 52.3 Å². The third-order valence-corrected chi connectivity index (χ3v) is 17.4. The number of aromatic nitrogens is 1. The van der Waals surface area contributed by atoms with Crippen molar-refractivity contribution in [1.82, 2.24) is 4.57 Å². The van der Waals surface area contributed by atoms with Crippen molar-refractivity contribution in [2.24, 2.45) is 0 Å². The number of nitrogens with zero attached hydrogens (tertiary/aromatic N) is 2. The molecule has 0 fully saturated rings. The lowest BCUT2D eigenvalue weighted by molar-refractivity contribution is 0.0947. The molecule has 2 unspecified atom stereocenters. The minimum atomic E-state index is -0.388. The Morgan fingerprint density at radius 2 is 1.12 bits per heavy atom. The number of rotatable bonds is 22. The lowest BCUT2D eigenvalue weighted by Crippen LogP contribution is -2.34. The number of benzene rings is 10. The van der Waals surface area contributed by atoms with Gasteiger partial charge in [-0.25, -0.2) is 4.39 Å². The average Bonchev–Trinajstić information content (AvgIpc) is 2.40. The van der Waals surface area contributed by atoms with E-state index in [1.54, 1.807) is 0 Å². The van der Waals surface area contributed by atoms with Crippen LogP contribution in [-0.2, 0) is 16.6 Å². The summed E-state index contributed by atoms with van der Waals surface area (Å²) >= 11 is 0. The van der Waals surface area contributed by atoms with Crippen molar-refractivity contribution < 1.29 is 13.9 Å². The Morgan fingerprint density at radius 3 is 1.81 bits per heavy atom. The molecule has 0 amide bonds. The normalized spacial score (nSPS) is 14.8. The van der Waals surface area contributed by atoms with Gasteiger partial charge in [0, 0.05) is 50.7 Å². The molecule has 85 heavy (non-hydrogen) atoms. The summed E-state index contributed by atoms with van der Waals surface area (Å²) < 4.78 is 29.1. The Kier molecular flexibility index (Phi) is 15.9. The molecule has 0 aliphatic heterocycles. The van der Waals surface area contributed by atoms with Gasteiger partial charge < -0.3 is 18.9 Å². The van der Waals surface area contributed by atoms with Crippen molar-refractivity contribution in [1.29, 1.82) is 0 Å². The van der Waals surface area contributed by atoms with Crippen molar-refractivity contribution in [3.05, 3.63) is 306 Å². The number of hydrogen-bond donors (Lipinski definition) is 0. The van der Waals surface area contributed by atoms with Crippen molar-refractivity contribution in [2.45, 2.75) is 62.9 Å². The van der Waals surface area contributed by atoms with Gasteiger partial charge in [-0.1, -0.05) is 196 Å². The molecular weight excluding hydrogens is 1040 g/mol. The zero-order valence-electron chi connectivity index (χ0n) is 48.1. The highest BCUT2D eigenvalue weighted by Crippen LogP contribution is 2.56. The number of halogens is 1. The standard InChI is InChI=1S/C80H69FN2O2/c1-3-57-25-27-59(28-26-57)18-17-51-80(64-19-9-7-10-20-64)76-24-14-13-23-72(76)73-48-44-69(55-77(73)80)82(67-40-33-61(34-41-67)60-31-38-65(81)39-32-60)68-42-35-62(36-43-68)63-37-49-78-74(54-63)75-56-71(47-50-79(75)83(78)66-21-11-8-12-22-66)85-53-16-6-5-15-52-84-70-45-29-58(4-2)30-46-70/h3-4,7-14,19-46,48-50,54-56,71H,1-2,5-6,15-18,47,51-53H2. The molecule has 2 aliphatic rings. The van der Waals surface area contributed by atoms with Crippen LogP contribution in [0.4, 0.5) is 21.5 Å². The molecular formula is C80H69FN2O2. The molecule has 13 rings (SSSR count). The summed E-state index contributed by atoms with van der Waals surface area (Å²) in [5, 5.41) is 3.63. The number of hydrogen-bond acceptors (Lipinski definition) is 3. The SMILES string of the molecule is C=Cc1ccc(CCCC2(c3ccccc3)c3ccccc3-c3ccc(N(c4ccc(-c5ccc(F)cc5)cc4)c4ccc(-c5ccc6c(c5)c5c(n6-c6ccccc6)=CCC(OCCCCCCOc6ccc(C=C)cc6)C=5)cc4)cc32)cc1. The molecule has 0 bridgehead atoms. The van der Waals surface area contributed by atoms with E-state index < -0.39 is 0 Å². The van der Waals surface area contributed by atoms with E-state index in [4.69, 9.17) is 9.47 Å². The van der Waals surface area contributed by atoms with Crippen LogP contribution in [-0.4, -0.2) is 23.9 Å². The number of unbranched alkanes of at least 4 members (excludes halogenated alkanes) is 3. The fourth-order valence-corrected chi connectivity index (χ4v) is 13.0. The molecule has 418 valence electrons. The molecule has 1 heterocycles. The van der Waals surface area contributed by atoms with E-state index in [-0.39, 0.29) is 17.3 Å². The molecule has 0 saturated carbocycles. The van der Waals surface area contributed by atoms with Gasteiger partial charge in [0.1, 0.15) is 11.6 Å². The zero-order chi connectivity index (χ0) is 57.5. The molecule has 10 aromatic carbocycles. The van der Waals surface area contributed by atoms with E-state index in [9.17, 15) is 4.39 Å². The Bertz CT molecular complexity index is 4270. The Morgan fingerprint density at radius 1 is 0.529 bits per heavy atom. The second kappa shape index (κ2) is 24.7. The van der Waals surface area contributed by atoms with Gasteiger partial charge >= 0.3 is 0 Å². The molecule has 4 nitrogen and oxygen atoms in total. The fourth-order valence-electron chi connectivity index (χ4n) is 13.0. The molecule has 1 aromatic heterocycles. The largest absolute Gasteiger partial charge is 0.494 e. The summed E-state index contributed by atoms with van der Waals surface area (Å²) in [5.41, 5.74) is 19.4. The van der Waals surface area contributed by atoms with E-state index in [1.165, 1.54) is 67.0 Å². The zero-order valence-corrected chi connectivity index (χ0v) is 48.1. The van der Waals surface area contributed by atoms with Crippen LogP contribution in [0.25, 0.3) is 74.3 Å². The van der Waals surface area contributed by atoms with E-state index in [2.05, 4.69) is 229 Å². The number of ether oxygens (including phenoxy) is 2. The lowest BCUT2D eigenvalue weighted by Gasteiger charge is -2.34. The first-order valence-corrected chi connectivity index (χ1v) is 30.1. The van der Waals surface area contributed by atoms with Crippen molar-refractivity contribution in [3.63, 3.8) is 0 Å². The van der Waals surface area contributed by atoms with Crippen LogP contribution in [0.1, 0.15) is 78.3 Å². The molecule has 5 heteroatoms. The Labute approximate surface area is 499 Å². The molecule has 2 atom stereocenters. The summed E-state index contributed by atoms with van der Waals surface area (Å²) in [4.78, 5) is 2.39. The molecule has 0 radical (unpaired) electrons. The number of para-hydroxylation sites is 1. The highest BCUT2D eigenvalue weighted by molar-refractivity contribution is 5.91. The second-order valence-corrected chi connectivity index (χ2v) is 22.5. The molecule has 0 N–H and O–H groups in total. The monoisotopic (exact) mass is 1110 g/mol. The van der Waals surface area contributed by atoms with Gasteiger partial charge in [-0.3, -0.25) is 0 Å². The van der Waals surface area contributed by atoms with Crippen LogP contribution >= 0.6 is 0 Å². The van der Waals surface area contributed by atoms with Gasteiger partial charge in [0.15, 0.2) is 0 Å². The van der Waals surface area contributed by atoms with E-state index in [1.807, 2.05) is 48.6 Å². The smallest absolute Gasteiger partial charge is 0.123 e. The summed E-state index contributed by atoms with van der Waals surface area (Å²) in [6.45, 7) is 9.26. The Hall–Kier alpha value is -9.55. The van der Waals surface area contributed by atoms with Gasteiger partial charge in [0.2, 0.25) is 0 Å². The van der Waals surface area contributed by atoms with Crippen LogP contribution in [0.5, 0.6) is 5.75 Å². The first-order valence-electron chi connectivity index (χ1n) is 30.1. The third-order valence-electron chi connectivity index (χ3n) is 17.4. The van der Waals surface area contributed by atoms with Crippen molar-refractivity contribution in [3.8, 4) is 44.8 Å². The van der Waals surface area contributed by atoms with Gasteiger partial charge in [0.05, 0.1) is 18.2 Å². The highest BCUT2D eigenvalue weighted by atomic mass is 19.1. The van der Waals surface area contributed by atoms with Crippen LogP contribution in [0.2, 0.25) is 0 Å². The molecule has 2 aliphatic carbocycles. The summed E-state index contributed by atoms with van der Waals surface area (Å²) in [6, 6.07) is 86.3. The number of anilines is 3. The maximum atomic E-state index is 14.1. The molecule has 0 spiro atoms. The van der Waals surface area contributed by atoms with Crippen LogP contribution in [0.15, 0.2) is 256 Å². The molecule has 11 aromatic rings. The Balaban J connectivity index is 0.824. The van der Waals surface area contributed by atoms with Crippen molar-refractivity contribution in [2.75, 3.05) is 18.1 Å². The quantitative estimate of drug-likeness (QED) is 0.0633. The topological polar surface area (TPSA) is 26.6 Å². The highest BCUT2D eigenvalue weighted by Gasteiger charge is 2.44. The number of fused-ring (bicyclic) bond motifs is 6. The van der Waals surface area contributed by atoms with Crippen LogP contribution in [0, 0.1) is 5.82 Å². The van der Waals surface area contributed by atoms with E-state index >= 15 is 0 Å². The maximum absolute atomic E-state index is 14.1. The van der Waals surface area contributed by atoms with E-state index in [0.29, 0.717) is 6.61 Å². The van der Waals surface area contributed by atoms with Gasteiger partial charge in [-0.2, -0.15) is 0 Å². The number of aryl methyl sites for hydroxylation is 1. The third kappa shape index (κ3) is 11.2. The predicted molar refractivity (Wildman–Crippen MR) is 353 cm³/mol. The lowest BCUT2D eigenvalue weighted by atomic mass is 9.69.